The Hall–Kier alpha value is -2.49. The molecule has 0 radical (unpaired) electrons. The van der Waals surface area contributed by atoms with Crippen molar-refractivity contribution in [2.45, 2.75) is 31.5 Å². The maximum Gasteiger partial charge on any atom is 0.471 e. The molecule has 2 amide bonds. The van der Waals surface area contributed by atoms with Crippen molar-refractivity contribution in [2.75, 3.05) is 13.1 Å². The molecule has 1 N–H and O–H groups in total. The van der Waals surface area contributed by atoms with Gasteiger partial charge in [0.2, 0.25) is 5.91 Å². The lowest BCUT2D eigenvalue weighted by Crippen LogP contribution is -2.50. The summed E-state index contributed by atoms with van der Waals surface area (Å²) in [6.45, 7) is 0.181. The molecule has 1 aliphatic rings. The number of nitrogens with zero attached hydrogens (tertiary/aromatic N) is 3. The topological polar surface area (TPSA) is 75.2 Å². The van der Waals surface area contributed by atoms with E-state index in [1.807, 2.05) is 17.5 Å². The lowest BCUT2D eigenvalue weighted by atomic mass is 10.2. The van der Waals surface area contributed by atoms with E-state index in [4.69, 9.17) is 0 Å². The molecule has 10 heteroatoms. The van der Waals surface area contributed by atoms with Gasteiger partial charge < -0.3 is 10.2 Å². The summed E-state index contributed by atoms with van der Waals surface area (Å²) in [6.07, 6.45) is -0.533. The molecule has 0 bridgehead atoms. The number of aromatic nitrogens is 2. The first-order chi connectivity index (χ1) is 12.9. The second-order valence-electron chi connectivity index (χ2n) is 6.06. The molecule has 3 rings (SSSR count). The maximum atomic E-state index is 12.6. The Labute approximate surface area is 157 Å². The molecule has 3 heterocycles. The van der Waals surface area contributed by atoms with Gasteiger partial charge in [0.15, 0.2) is 0 Å². The predicted octanol–water partition coefficient (Wildman–Crippen LogP) is 2.42. The molecule has 1 atom stereocenters. The zero-order valence-electron chi connectivity index (χ0n) is 14.2. The SMILES string of the molecule is O=C(NCCc1nc(-c2cccnc2)cs1)C1CCCN1C(=O)C(F)(F)F. The van der Waals surface area contributed by atoms with Gasteiger partial charge in [-0.05, 0) is 25.0 Å². The fourth-order valence-corrected chi connectivity index (χ4v) is 3.74. The standard InChI is InChI=1S/C17H17F3N4O2S/c18-17(19,20)16(26)24-8-2-4-13(24)15(25)22-7-5-14-23-12(10-27-14)11-3-1-6-21-9-11/h1,3,6,9-10,13H,2,4-5,7-8H2,(H,22,25). The summed E-state index contributed by atoms with van der Waals surface area (Å²) in [5, 5.41) is 5.29. The molecule has 1 unspecified atom stereocenters. The average Bonchev–Trinajstić information content (AvgIpc) is 3.30. The highest BCUT2D eigenvalue weighted by molar-refractivity contribution is 7.09. The van der Waals surface area contributed by atoms with Gasteiger partial charge in [-0.3, -0.25) is 14.6 Å². The Balaban J connectivity index is 1.52. The van der Waals surface area contributed by atoms with Crippen LogP contribution in [0.5, 0.6) is 0 Å². The number of hydrogen-bond acceptors (Lipinski definition) is 5. The van der Waals surface area contributed by atoms with Crippen LogP contribution in [0.4, 0.5) is 13.2 Å². The van der Waals surface area contributed by atoms with Gasteiger partial charge in [-0.1, -0.05) is 0 Å². The van der Waals surface area contributed by atoms with Gasteiger partial charge in [-0.15, -0.1) is 11.3 Å². The second kappa shape index (κ2) is 8.03. The number of carbonyl (C=O) groups is 2. The van der Waals surface area contributed by atoms with Crippen LogP contribution in [0.15, 0.2) is 29.9 Å². The van der Waals surface area contributed by atoms with E-state index in [1.54, 1.807) is 12.4 Å². The van der Waals surface area contributed by atoms with Crippen molar-refractivity contribution in [3.8, 4) is 11.3 Å². The van der Waals surface area contributed by atoms with Crippen LogP contribution in [0.2, 0.25) is 0 Å². The molecular formula is C17H17F3N4O2S. The zero-order valence-corrected chi connectivity index (χ0v) is 15.0. The van der Waals surface area contributed by atoms with Gasteiger partial charge >= 0.3 is 12.1 Å². The van der Waals surface area contributed by atoms with Crippen LogP contribution in [-0.2, 0) is 16.0 Å². The summed E-state index contributed by atoms with van der Waals surface area (Å²) in [5.41, 5.74) is 1.67. The molecule has 27 heavy (non-hydrogen) atoms. The van der Waals surface area contributed by atoms with E-state index in [0.29, 0.717) is 17.7 Å². The number of hydrogen-bond donors (Lipinski definition) is 1. The highest BCUT2D eigenvalue weighted by Gasteiger charge is 2.47. The molecule has 2 aromatic rings. The third kappa shape index (κ3) is 4.62. The number of nitrogens with one attached hydrogen (secondary N) is 1. The van der Waals surface area contributed by atoms with Gasteiger partial charge in [-0.2, -0.15) is 13.2 Å². The van der Waals surface area contributed by atoms with E-state index >= 15 is 0 Å². The number of alkyl halides is 3. The highest BCUT2D eigenvalue weighted by atomic mass is 32.1. The molecule has 1 fully saturated rings. The van der Waals surface area contributed by atoms with Crippen LogP contribution in [0.25, 0.3) is 11.3 Å². The number of amides is 2. The van der Waals surface area contributed by atoms with Crippen LogP contribution in [-0.4, -0.2) is 52.0 Å². The lowest BCUT2D eigenvalue weighted by Gasteiger charge is -2.24. The van der Waals surface area contributed by atoms with Crippen molar-refractivity contribution < 1.29 is 22.8 Å². The van der Waals surface area contributed by atoms with Crippen LogP contribution in [0.3, 0.4) is 0 Å². The van der Waals surface area contributed by atoms with Crippen molar-refractivity contribution in [2.24, 2.45) is 0 Å². The van der Waals surface area contributed by atoms with E-state index in [-0.39, 0.29) is 19.5 Å². The quantitative estimate of drug-likeness (QED) is 0.839. The number of thiazole rings is 1. The van der Waals surface area contributed by atoms with Gasteiger partial charge in [0.1, 0.15) is 6.04 Å². The first-order valence-corrected chi connectivity index (χ1v) is 9.24. The zero-order chi connectivity index (χ0) is 19.4. The smallest absolute Gasteiger partial charge is 0.354 e. The van der Waals surface area contributed by atoms with E-state index in [9.17, 15) is 22.8 Å². The minimum absolute atomic E-state index is 0.0582. The number of pyridine rings is 1. The van der Waals surface area contributed by atoms with Crippen LogP contribution in [0, 0.1) is 0 Å². The number of likely N-dealkylation sites (tertiary alicyclic amines) is 1. The Morgan fingerprint density at radius 1 is 1.37 bits per heavy atom. The summed E-state index contributed by atoms with van der Waals surface area (Å²) >= 11 is 1.43. The molecule has 144 valence electrons. The van der Waals surface area contributed by atoms with Gasteiger partial charge in [0.05, 0.1) is 10.7 Å². The van der Waals surface area contributed by atoms with Crippen LogP contribution >= 0.6 is 11.3 Å². The van der Waals surface area contributed by atoms with E-state index < -0.39 is 24.0 Å². The Morgan fingerprint density at radius 3 is 2.89 bits per heavy atom. The first-order valence-electron chi connectivity index (χ1n) is 8.36. The van der Waals surface area contributed by atoms with Crippen molar-refractivity contribution in [1.29, 1.82) is 0 Å². The monoisotopic (exact) mass is 398 g/mol. The summed E-state index contributed by atoms with van der Waals surface area (Å²) in [5.74, 6) is -2.52. The fraction of sp³-hybridized carbons (Fsp3) is 0.412. The molecule has 0 aromatic carbocycles. The molecule has 1 saturated heterocycles. The fourth-order valence-electron chi connectivity index (χ4n) is 2.93. The highest BCUT2D eigenvalue weighted by Crippen LogP contribution is 2.26. The van der Waals surface area contributed by atoms with Crippen molar-refractivity contribution in [3.05, 3.63) is 34.9 Å². The molecule has 2 aromatic heterocycles. The summed E-state index contributed by atoms with van der Waals surface area (Å²) in [4.78, 5) is 32.7. The number of halogens is 3. The van der Waals surface area contributed by atoms with Crippen molar-refractivity contribution >= 4 is 23.2 Å². The molecular weight excluding hydrogens is 381 g/mol. The molecule has 6 nitrogen and oxygen atoms in total. The predicted molar refractivity (Wildman–Crippen MR) is 92.8 cm³/mol. The molecule has 0 aliphatic carbocycles. The van der Waals surface area contributed by atoms with E-state index in [1.165, 1.54) is 11.3 Å². The third-order valence-corrected chi connectivity index (χ3v) is 5.11. The van der Waals surface area contributed by atoms with E-state index in [0.717, 1.165) is 16.3 Å². The summed E-state index contributed by atoms with van der Waals surface area (Å²) in [6, 6.07) is 2.63. The largest absolute Gasteiger partial charge is 0.471 e. The third-order valence-electron chi connectivity index (χ3n) is 4.21. The molecule has 1 aliphatic heterocycles. The normalized spacial score (nSPS) is 17.1. The van der Waals surface area contributed by atoms with Crippen molar-refractivity contribution in [3.63, 3.8) is 0 Å². The van der Waals surface area contributed by atoms with Crippen LogP contribution < -0.4 is 5.32 Å². The lowest BCUT2D eigenvalue weighted by molar-refractivity contribution is -0.186. The van der Waals surface area contributed by atoms with Crippen LogP contribution in [0.1, 0.15) is 17.8 Å². The first kappa shape index (κ1) is 19.3. The number of rotatable bonds is 5. The van der Waals surface area contributed by atoms with Gasteiger partial charge in [0, 0.05) is 42.8 Å². The Kier molecular flexibility index (Phi) is 5.73. The van der Waals surface area contributed by atoms with E-state index in [2.05, 4.69) is 15.3 Å². The molecule has 0 saturated carbocycles. The second-order valence-corrected chi connectivity index (χ2v) is 7.01. The minimum Gasteiger partial charge on any atom is -0.354 e. The number of carbonyl (C=O) groups excluding carboxylic acids is 2. The minimum atomic E-state index is -4.97. The summed E-state index contributed by atoms with van der Waals surface area (Å²) in [7, 11) is 0. The Morgan fingerprint density at radius 2 is 2.19 bits per heavy atom. The average molecular weight is 398 g/mol. The Bertz CT molecular complexity index is 810. The van der Waals surface area contributed by atoms with Crippen molar-refractivity contribution in [1.82, 2.24) is 20.2 Å². The maximum absolute atomic E-state index is 12.6. The summed E-state index contributed by atoms with van der Waals surface area (Å²) < 4.78 is 37.9. The molecule has 0 spiro atoms. The van der Waals surface area contributed by atoms with Gasteiger partial charge in [0.25, 0.3) is 0 Å². The van der Waals surface area contributed by atoms with Gasteiger partial charge in [-0.25, -0.2) is 4.98 Å².